The first-order chi connectivity index (χ1) is 15.0. The molecule has 3 aromatic rings. The molecule has 0 amide bonds. The Bertz CT molecular complexity index is 1110. The fourth-order valence-corrected chi connectivity index (χ4v) is 5.17. The quantitative estimate of drug-likeness (QED) is 0.333. The molecular weight excluding hydrogens is 437 g/mol. The van der Waals surface area contributed by atoms with Crippen LogP contribution in [0.3, 0.4) is 0 Å². The van der Waals surface area contributed by atoms with E-state index >= 15 is 0 Å². The summed E-state index contributed by atoms with van der Waals surface area (Å²) >= 11 is 6.96. The molecule has 0 radical (unpaired) electrons. The SMILES string of the molecule is COC(=O)c1c(NC(=S)Nc2ncn(Cc3cccc(F)c3)n2)sc2c1CCCCC2. The lowest BCUT2D eigenvalue weighted by Crippen LogP contribution is -2.21. The third kappa shape index (κ3) is 5.08. The fraction of sp³-hybridized carbons (Fsp3) is 0.333. The lowest BCUT2D eigenvalue weighted by atomic mass is 10.1. The number of nitrogens with one attached hydrogen (secondary N) is 2. The molecule has 1 aromatic carbocycles. The molecule has 1 aliphatic carbocycles. The molecule has 7 nitrogen and oxygen atoms in total. The Kier molecular flexibility index (Phi) is 6.57. The maximum absolute atomic E-state index is 13.4. The highest BCUT2D eigenvalue weighted by Gasteiger charge is 2.25. The Morgan fingerprint density at radius 3 is 2.94 bits per heavy atom. The van der Waals surface area contributed by atoms with E-state index in [1.165, 1.54) is 24.1 Å². The second-order valence-corrected chi connectivity index (χ2v) is 8.75. The number of methoxy groups -OCH3 is 1. The number of esters is 1. The number of rotatable bonds is 5. The number of carbonyl (C=O) groups excluding carboxylic acids is 1. The van der Waals surface area contributed by atoms with Crippen molar-refractivity contribution in [2.75, 3.05) is 17.7 Å². The lowest BCUT2D eigenvalue weighted by molar-refractivity contribution is 0.0601. The summed E-state index contributed by atoms with van der Waals surface area (Å²) in [6.45, 7) is 0.386. The minimum atomic E-state index is -0.359. The molecule has 0 atom stereocenters. The van der Waals surface area contributed by atoms with Gasteiger partial charge in [-0.05, 0) is 61.2 Å². The standard InChI is InChI=1S/C21H22FN5O2S2/c1-29-19(28)17-15-8-3-2-4-9-16(15)31-18(17)24-21(30)25-20-23-12-27(26-20)11-13-6-5-7-14(22)10-13/h5-7,10,12H,2-4,8-9,11H2,1H3,(H2,24,25,26,30). The van der Waals surface area contributed by atoms with Crippen molar-refractivity contribution in [2.24, 2.45) is 0 Å². The van der Waals surface area contributed by atoms with E-state index in [1.807, 2.05) is 6.07 Å². The first-order valence-electron chi connectivity index (χ1n) is 9.98. The van der Waals surface area contributed by atoms with Crippen LogP contribution in [0.5, 0.6) is 0 Å². The van der Waals surface area contributed by atoms with E-state index in [1.54, 1.807) is 28.4 Å². The number of ether oxygens (including phenoxy) is 1. The molecule has 0 aliphatic heterocycles. The van der Waals surface area contributed by atoms with Crippen LogP contribution in [0.4, 0.5) is 15.3 Å². The molecular formula is C21H22FN5O2S2. The highest BCUT2D eigenvalue weighted by molar-refractivity contribution is 7.80. The third-order valence-electron chi connectivity index (χ3n) is 5.03. The molecule has 0 unspecified atom stereocenters. The zero-order valence-corrected chi connectivity index (χ0v) is 18.6. The molecule has 0 fully saturated rings. The molecule has 31 heavy (non-hydrogen) atoms. The summed E-state index contributed by atoms with van der Waals surface area (Å²) in [5.74, 6) is -0.342. The maximum atomic E-state index is 13.4. The Labute approximate surface area is 188 Å². The topological polar surface area (TPSA) is 81.1 Å². The van der Waals surface area contributed by atoms with E-state index in [0.717, 1.165) is 43.2 Å². The second-order valence-electron chi connectivity index (χ2n) is 7.23. The number of aryl methyl sites for hydroxylation is 1. The zero-order chi connectivity index (χ0) is 21.8. The number of anilines is 2. The van der Waals surface area contributed by atoms with E-state index in [0.29, 0.717) is 23.1 Å². The molecule has 4 rings (SSSR count). The van der Waals surface area contributed by atoms with Crippen molar-refractivity contribution in [1.82, 2.24) is 14.8 Å². The summed E-state index contributed by atoms with van der Waals surface area (Å²) in [5, 5.41) is 11.3. The van der Waals surface area contributed by atoms with Crippen molar-refractivity contribution in [2.45, 2.75) is 38.6 Å². The van der Waals surface area contributed by atoms with Gasteiger partial charge in [0.15, 0.2) is 5.11 Å². The number of thiocarbonyl (C=S) groups is 1. The summed E-state index contributed by atoms with van der Waals surface area (Å²) < 4.78 is 20.0. The number of fused-ring (bicyclic) bond motifs is 1. The number of benzene rings is 1. The monoisotopic (exact) mass is 459 g/mol. The van der Waals surface area contributed by atoms with Gasteiger partial charge in [-0.25, -0.2) is 18.9 Å². The van der Waals surface area contributed by atoms with Crippen molar-refractivity contribution in [3.63, 3.8) is 0 Å². The highest BCUT2D eigenvalue weighted by atomic mass is 32.1. The van der Waals surface area contributed by atoms with Crippen LogP contribution in [0.15, 0.2) is 30.6 Å². The van der Waals surface area contributed by atoms with Crippen LogP contribution in [-0.4, -0.2) is 33.0 Å². The van der Waals surface area contributed by atoms with E-state index in [9.17, 15) is 9.18 Å². The Balaban J connectivity index is 1.46. The molecule has 0 bridgehead atoms. The van der Waals surface area contributed by atoms with Crippen molar-refractivity contribution >= 4 is 45.6 Å². The molecule has 10 heteroatoms. The fourth-order valence-electron chi connectivity index (χ4n) is 3.64. The molecule has 0 saturated heterocycles. The van der Waals surface area contributed by atoms with Gasteiger partial charge in [-0.2, -0.15) is 0 Å². The number of hydrogen-bond donors (Lipinski definition) is 2. The first kappa shape index (κ1) is 21.4. The van der Waals surface area contributed by atoms with Crippen molar-refractivity contribution in [3.05, 3.63) is 58.0 Å². The number of hydrogen-bond acceptors (Lipinski definition) is 6. The third-order valence-corrected chi connectivity index (χ3v) is 6.44. The summed E-state index contributed by atoms with van der Waals surface area (Å²) in [6, 6.07) is 6.32. The van der Waals surface area contributed by atoms with Gasteiger partial charge in [0, 0.05) is 4.88 Å². The first-order valence-corrected chi connectivity index (χ1v) is 11.2. The van der Waals surface area contributed by atoms with Crippen molar-refractivity contribution in [3.8, 4) is 0 Å². The van der Waals surface area contributed by atoms with E-state index in [4.69, 9.17) is 17.0 Å². The lowest BCUT2D eigenvalue weighted by Gasteiger charge is -2.09. The van der Waals surface area contributed by atoms with Crippen LogP contribution in [0.25, 0.3) is 0 Å². The molecule has 1 aliphatic rings. The molecule has 162 valence electrons. The van der Waals surface area contributed by atoms with Gasteiger partial charge < -0.3 is 10.1 Å². The molecule has 0 spiro atoms. The van der Waals surface area contributed by atoms with Gasteiger partial charge in [0.25, 0.3) is 0 Å². The van der Waals surface area contributed by atoms with Gasteiger partial charge in [-0.15, -0.1) is 16.4 Å². The molecule has 0 saturated carbocycles. The van der Waals surface area contributed by atoms with Gasteiger partial charge in [0.1, 0.15) is 17.1 Å². The van der Waals surface area contributed by atoms with E-state index in [2.05, 4.69) is 20.7 Å². The minimum absolute atomic E-state index is 0.282. The maximum Gasteiger partial charge on any atom is 0.341 e. The molecule has 2 aromatic heterocycles. The number of thiophene rings is 1. The summed E-state index contributed by atoms with van der Waals surface area (Å²) in [4.78, 5) is 17.9. The average Bonchev–Trinajstić information content (AvgIpc) is 3.23. The van der Waals surface area contributed by atoms with Crippen molar-refractivity contribution < 1.29 is 13.9 Å². The van der Waals surface area contributed by atoms with Crippen LogP contribution in [0, 0.1) is 5.82 Å². The predicted octanol–water partition coefficient (Wildman–Crippen LogP) is 4.39. The van der Waals surface area contributed by atoms with E-state index < -0.39 is 0 Å². The smallest absolute Gasteiger partial charge is 0.341 e. The van der Waals surface area contributed by atoms with Crippen LogP contribution in [0.2, 0.25) is 0 Å². The van der Waals surface area contributed by atoms with Gasteiger partial charge in [0.2, 0.25) is 5.95 Å². The van der Waals surface area contributed by atoms with Crippen LogP contribution < -0.4 is 10.6 Å². The van der Waals surface area contributed by atoms with E-state index in [-0.39, 0.29) is 16.9 Å². The van der Waals surface area contributed by atoms with Gasteiger partial charge >= 0.3 is 5.97 Å². The van der Waals surface area contributed by atoms with Gasteiger partial charge in [0.05, 0.1) is 19.2 Å². The summed E-state index contributed by atoms with van der Waals surface area (Å²) in [5.41, 5.74) is 2.41. The number of carbonyl (C=O) groups is 1. The minimum Gasteiger partial charge on any atom is -0.465 e. The average molecular weight is 460 g/mol. The normalized spacial score (nSPS) is 13.2. The Hall–Kier alpha value is -2.85. The summed E-state index contributed by atoms with van der Waals surface area (Å²) in [7, 11) is 1.39. The van der Waals surface area contributed by atoms with Crippen LogP contribution in [0.1, 0.15) is 45.6 Å². The second kappa shape index (κ2) is 9.52. The number of halogens is 1. The summed E-state index contributed by atoms with van der Waals surface area (Å²) in [6.07, 6.45) is 6.70. The Morgan fingerprint density at radius 2 is 2.13 bits per heavy atom. The largest absolute Gasteiger partial charge is 0.465 e. The van der Waals surface area contributed by atoms with Gasteiger partial charge in [-0.1, -0.05) is 18.6 Å². The number of nitrogens with zero attached hydrogens (tertiary/aromatic N) is 3. The van der Waals surface area contributed by atoms with Crippen LogP contribution >= 0.6 is 23.6 Å². The van der Waals surface area contributed by atoms with Crippen LogP contribution in [-0.2, 0) is 24.1 Å². The highest BCUT2D eigenvalue weighted by Crippen LogP contribution is 2.38. The zero-order valence-electron chi connectivity index (χ0n) is 17.0. The predicted molar refractivity (Wildman–Crippen MR) is 122 cm³/mol. The number of aromatic nitrogens is 3. The van der Waals surface area contributed by atoms with Gasteiger partial charge in [-0.3, -0.25) is 5.32 Å². The molecule has 2 N–H and O–H groups in total. The van der Waals surface area contributed by atoms with Crippen molar-refractivity contribution in [1.29, 1.82) is 0 Å². The Morgan fingerprint density at radius 1 is 1.29 bits per heavy atom. The molecule has 2 heterocycles.